The first-order valence-electron chi connectivity index (χ1n) is 5.98. The Morgan fingerprint density at radius 1 is 1.53 bits per heavy atom. The number of halogens is 2. The summed E-state index contributed by atoms with van der Waals surface area (Å²) in [5.41, 5.74) is 1.73. The van der Waals surface area contributed by atoms with Gasteiger partial charge in [-0.1, -0.05) is 0 Å². The Kier molecular flexibility index (Phi) is 5.36. The number of hydrogen-bond acceptors (Lipinski definition) is 3. The topological polar surface area (TPSA) is 47.8 Å². The van der Waals surface area contributed by atoms with Gasteiger partial charge in [0, 0.05) is 52.3 Å². The molecule has 2 aromatic heterocycles. The minimum Gasteiger partial charge on any atom is -0.313 e. The van der Waals surface area contributed by atoms with Gasteiger partial charge in [0.2, 0.25) is 0 Å². The zero-order chi connectivity index (χ0) is 13.8. The second-order valence-electron chi connectivity index (χ2n) is 4.25. The van der Waals surface area contributed by atoms with Crippen LogP contribution in [0.5, 0.6) is 0 Å². The van der Waals surface area contributed by atoms with Crippen LogP contribution in [0.2, 0.25) is 0 Å². The van der Waals surface area contributed by atoms with Gasteiger partial charge in [0.25, 0.3) is 0 Å². The van der Waals surface area contributed by atoms with E-state index in [1.165, 1.54) is 0 Å². The summed E-state index contributed by atoms with van der Waals surface area (Å²) in [4.78, 5) is 8.99. The van der Waals surface area contributed by atoms with E-state index in [4.69, 9.17) is 11.6 Å². The van der Waals surface area contributed by atoms with E-state index >= 15 is 0 Å². The van der Waals surface area contributed by atoms with Crippen LogP contribution in [0.25, 0.3) is 11.2 Å². The number of nitrogens with zero attached hydrogens (tertiary/aromatic N) is 3. The summed E-state index contributed by atoms with van der Waals surface area (Å²) in [6.07, 6.45) is 5.05. The van der Waals surface area contributed by atoms with E-state index < -0.39 is 10.8 Å². The lowest BCUT2D eigenvalue weighted by Gasteiger charge is -2.07. The molecule has 2 heterocycles. The Hall–Kier alpha value is -0.460. The van der Waals surface area contributed by atoms with Crippen molar-refractivity contribution in [3.05, 3.63) is 22.6 Å². The first kappa shape index (κ1) is 14.9. The SMILES string of the molecule is CS(=O)CCCn1c(CCCl)nc2cc(Br)cnc21. The van der Waals surface area contributed by atoms with Gasteiger partial charge in [-0.05, 0) is 28.4 Å². The lowest BCUT2D eigenvalue weighted by atomic mass is 10.4. The molecular weight excluding hydrogens is 350 g/mol. The molecule has 2 rings (SSSR count). The Morgan fingerprint density at radius 3 is 3.00 bits per heavy atom. The number of fused-ring (bicyclic) bond motifs is 1. The van der Waals surface area contributed by atoms with Crippen LogP contribution in [0.4, 0.5) is 0 Å². The van der Waals surface area contributed by atoms with Crippen LogP contribution in [0.15, 0.2) is 16.7 Å². The molecule has 7 heteroatoms. The third-order valence-electron chi connectivity index (χ3n) is 2.76. The van der Waals surface area contributed by atoms with Gasteiger partial charge >= 0.3 is 0 Å². The molecule has 4 nitrogen and oxygen atoms in total. The molecule has 2 aromatic rings. The molecule has 1 unspecified atom stereocenters. The standard InChI is InChI=1S/C12H15BrClN3OS/c1-19(18)6-2-5-17-11(3-4-14)16-10-7-9(13)8-15-12(10)17/h7-8H,2-6H2,1H3. The van der Waals surface area contributed by atoms with Crippen LogP contribution in [0.3, 0.4) is 0 Å². The summed E-state index contributed by atoms with van der Waals surface area (Å²) in [5.74, 6) is 2.17. The zero-order valence-corrected chi connectivity index (χ0v) is 13.8. The van der Waals surface area contributed by atoms with Gasteiger partial charge in [0.15, 0.2) is 5.65 Å². The fraction of sp³-hybridized carbons (Fsp3) is 0.500. The summed E-state index contributed by atoms with van der Waals surface area (Å²) < 4.78 is 14.1. The smallest absolute Gasteiger partial charge is 0.160 e. The lowest BCUT2D eigenvalue weighted by molar-refractivity contribution is 0.647. The second kappa shape index (κ2) is 6.81. The highest BCUT2D eigenvalue weighted by atomic mass is 79.9. The summed E-state index contributed by atoms with van der Waals surface area (Å²) in [5, 5.41) is 0. The maximum absolute atomic E-state index is 11.1. The number of imidazole rings is 1. The first-order valence-corrected chi connectivity index (χ1v) is 9.04. The Labute approximate surface area is 128 Å². The lowest BCUT2D eigenvalue weighted by Crippen LogP contribution is -2.08. The van der Waals surface area contributed by atoms with Gasteiger partial charge in [0.05, 0.1) is 0 Å². The van der Waals surface area contributed by atoms with Crippen molar-refractivity contribution in [3.8, 4) is 0 Å². The van der Waals surface area contributed by atoms with Gasteiger partial charge < -0.3 is 4.57 Å². The molecule has 0 spiro atoms. The van der Waals surface area contributed by atoms with Crippen molar-refractivity contribution in [1.29, 1.82) is 0 Å². The van der Waals surface area contributed by atoms with Crippen LogP contribution in [0, 0.1) is 0 Å². The van der Waals surface area contributed by atoms with Crippen molar-refractivity contribution in [1.82, 2.24) is 14.5 Å². The molecule has 0 saturated heterocycles. The largest absolute Gasteiger partial charge is 0.313 e. The maximum Gasteiger partial charge on any atom is 0.160 e. The fourth-order valence-electron chi connectivity index (χ4n) is 1.97. The second-order valence-corrected chi connectivity index (χ2v) is 7.09. The molecule has 0 saturated carbocycles. The Morgan fingerprint density at radius 2 is 2.32 bits per heavy atom. The van der Waals surface area contributed by atoms with Crippen molar-refractivity contribution in [2.24, 2.45) is 0 Å². The molecule has 0 radical (unpaired) electrons. The van der Waals surface area contributed by atoms with Crippen LogP contribution in [-0.2, 0) is 23.8 Å². The minimum atomic E-state index is -0.763. The minimum absolute atomic E-state index is 0.532. The van der Waals surface area contributed by atoms with Crippen molar-refractivity contribution >= 4 is 49.5 Å². The van der Waals surface area contributed by atoms with Crippen molar-refractivity contribution < 1.29 is 4.21 Å². The maximum atomic E-state index is 11.1. The molecule has 0 aliphatic carbocycles. The van der Waals surface area contributed by atoms with E-state index in [1.54, 1.807) is 12.5 Å². The molecule has 104 valence electrons. The molecule has 0 aliphatic heterocycles. The van der Waals surface area contributed by atoms with E-state index in [-0.39, 0.29) is 0 Å². The van der Waals surface area contributed by atoms with E-state index in [1.807, 2.05) is 6.07 Å². The number of alkyl halides is 1. The van der Waals surface area contributed by atoms with Crippen LogP contribution < -0.4 is 0 Å². The Balaban J connectivity index is 2.31. The van der Waals surface area contributed by atoms with Gasteiger partial charge in [-0.25, -0.2) is 9.97 Å². The molecule has 1 atom stereocenters. The molecule has 0 amide bonds. The summed E-state index contributed by atoms with van der Waals surface area (Å²) in [6, 6.07) is 1.95. The summed E-state index contributed by atoms with van der Waals surface area (Å²) in [6.45, 7) is 0.775. The van der Waals surface area contributed by atoms with Crippen molar-refractivity contribution in [2.45, 2.75) is 19.4 Å². The van der Waals surface area contributed by atoms with Crippen molar-refractivity contribution in [3.63, 3.8) is 0 Å². The predicted octanol–water partition coefficient (Wildman–Crippen LogP) is 2.74. The molecule has 0 fully saturated rings. The van der Waals surface area contributed by atoms with Crippen LogP contribution >= 0.6 is 27.5 Å². The zero-order valence-electron chi connectivity index (χ0n) is 10.6. The molecule has 0 bridgehead atoms. The number of hydrogen-bond donors (Lipinski definition) is 0. The molecule has 0 aliphatic rings. The highest BCUT2D eigenvalue weighted by Gasteiger charge is 2.11. The quantitative estimate of drug-likeness (QED) is 0.741. The van der Waals surface area contributed by atoms with E-state index in [0.29, 0.717) is 18.1 Å². The number of aromatic nitrogens is 3. The number of rotatable bonds is 6. The molecule has 0 N–H and O–H groups in total. The molecule has 19 heavy (non-hydrogen) atoms. The van der Waals surface area contributed by atoms with Gasteiger partial charge in [-0.2, -0.15) is 0 Å². The number of pyridine rings is 1. The summed E-state index contributed by atoms with van der Waals surface area (Å²) >= 11 is 9.22. The normalized spacial score (nSPS) is 13.0. The Bertz CT molecular complexity index is 602. The average Bonchev–Trinajstić information content (AvgIpc) is 2.66. The predicted molar refractivity (Wildman–Crippen MR) is 83.2 cm³/mol. The van der Waals surface area contributed by atoms with Crippen LogP contribution in [0.1, 0.15) is 12.2 Å². The first-order chi connectivity index (χ1) is 9.11. The van der Waals surface area contributed by atoms with Gasteiger partial charge in [0.1, 0.15) is 11.3 Å². The van der Waals surface area contributed by atoms with Crippen LogP contribution in [-0.4, -0.2) is 36.6 Å². The summed E-state index contributed by atoms with van der Waals surface area (Å²) in [7, 11) is -0.763. The fourth-order valence-corrected chi connectivity index (χ4v) is 2.99. The van der Waals surface area contributed by atoms with E-state index in [9.17, 15) is 4.21 Å². The molecule has 0 aromatic carbocycles. The van der Waals surface area contributed by atoms with Gasteiger partial charge in [-0.3, -0.25) is 4.21 Å². The highest BCUT2D eigenvalue weighted by Crippen LogP contribution is 2.19. The molecular formula is C12H15BrClN3OS. The third kappa shape index (κ3) is 3.77. The van der Waals surface area contributed by atoms with E-state index in [0.717, 1.165) is 34.4 Å². The highest BCUT2D eigenvalue weighted by molar-refractivity contribution is 9.10. The van der Waals surface area contributed by atoms with Crippen molar-refractivity contribution in [2.75, 3.05) is 17.9 Å². The third-order valence-corrected chi connectivity index (χ3v) is 4.25. The van der Waals surface area contributed by atoms with Gasteiger partial charge in [-0.15, -0.1) is 11.6 Å². The monoisotopic (exact) mass is 363 g/mol. The average molecular weight is 365 g/mol. The number of aryl methyl sites for hydroxylation is 2. The van der Waals surface area contributed by atoms with E-state index in [2.05, 4.69) is 30.5 Å².